The van der Waals surface area contributed by atoms with Crippen LogP contribution in [0, 0.1) is 0 Å². The van der Waals surface area contributed by atoms with Crippen LogP contribution in [0.3, 0.4) is 0 Å². The van der Waals surface area contributed by atoms with Crippen molar-refractivity contribution in [1.29, 1.82) is 0 Å². The van der Waals surface area contributed by atoms with Crippen LogP contribution in [0.2, 0.25) is 0 Å². The van der Waals surface area contributed by atoms with Gasteiger partial charge in [0.05, 0.1) is 13.2 Å². The van der Waals surface area contributed by atoms with Crippen LogP contribution >= 0.6 is 0 Å². The van der Waals surface area contributed by atoms with Crippen LogP contribution in [0.4, 0.5) is 0 Å². The first-order chi connectivity index (χ1) is 9.65. The highest BCUT2D eigenvalue weighted by Gasteiger charge is 2.34. The molecule has 0 aromatic heterocycles. The Labute approximate surface area is 119 Å². The van der Waals surface area contributed by atoms with E-state index < -0.39 is 5.60 Å². The standard InChI is InChI=1S/C15H23NO4/c1-2-19-13-4-3-5-14(10-13)20-9-8-16-7-6-15(18,11-16)12-17/h3-5,10,17-18H,2,6-9,11-12H2,1H3/t15-/m1/s1. The van der Waals surface area contributed by atoms with Crippen molar-refractivity contribution >= 4 is 0 Å². The number of benzene rings is 1. The number of hydrogen-bond acceptors (Lipinski definition) is 5. The zero-order chi connectivity index (χ0) is 14.4. The highest BCUT2D eigenvalue weighted by molar-refractivity contribution is 5.32. The van der Waals surface area contributed by atoms with Crippen LogP contribution in [-0.4, -0.2) is 60.2 Å². The van der Waals surface area contributed by atoms with Gasteiger partial charge in [0.1, 0.15) is 23.7 Å². The number of β-amino-alcohol motifs (C(OH)–C–C–N with tert-alkyl or cyclic N) is 1. The van der Waals surface area contributed by atoms with E-state index in [-0.39, 0.29) is 6.61 Å². The summed E-state index contributed by atoms with van der Waals surface area (Å²) in [5.41, 5.74) is -0.936. The molecule has 2 N–H and O–H groups in total. The first-order valence-corrected chi connectivity index (χ1v) is 7.06. The SMILES string of the molecule is CCOc1cccc(OCCN2CC[C@](O)(CO)C2)c1. The maximum atomic E-state index is 9.93. The average molecular weight is 281 g/mol. The third-order valence-corrected chi connectivity index (χ3v) is 3.50. The molecule has 0 amide bonds. The number of likely N-dealkylation sites (tertiary alicyclic amines) is 1. The van der Waals surface area contributed by atoms with Crippen LogP contribution in [0.25, 0.3) is 0 Å². The topological polar surface area (TPSA) is 62.2 Å². The Morgan fingerprint density at radius 3 is 2.70 bits per heavy atom. The van der Waals surface area contributed by atoms with Crippen molar-refractivity contribution in [2.24, 2.45) is 0 Å². The summed E-state index contributed by atoms with van der Waals surface area (Å²) in [5, 5.41) is 19.0. The molecule has 1 atom stereocenters. The lowest BCUT2D eigenvalue weighted by molar-refractivity contribution is -0.00590. The molecule has 1 aromatic rings. The Hall–Kier alpha value is -1.30. The Kier molecular flexibility index (Phi) is 5.23. The number of ether oxygens (including phenoxy) is 2. The molecule has 0 aliphatic carbocycles. The van der Waals surface area contributed by atoms with Gasteiger partial charge in [-0.05, 0) is 25.5 Å². The molecule has 1 aromatic carbocycles. The lowest BCUT2D eigenvalue weighted by Crippen LogP contribution is -2.37. The summed E-state index contributed by atoms with van der Waals surface area (Å²) >= 11 is 0. The molecule has 20 heavy (non-hydrogen) atoms. The molecular weight excluding hydrogens is 258 g/mol. The lowest BCUT2D eigenvalue weighted by atomic mass is 10.1. The molecule has 112 valence electrons. The number of aliphatic hydroxyl groups excluding tert-OH is 1. The third kappa shape index (κ3) is 4.10. The van der Waals surface area contributed by atoms with E-state index in [1.165, 1.54) is 0 Å². The Morgan fingerprint density at radius 1 is 1.30 bits per heavy atom. The van der Waals surface area contributed by atoms with E-state index in [4.69, 9.17) is 14.6 Å². The number of aliphatic hydroxyl groups is 2. The van der Waals surface area contributed by atoms with Crippen LogP contribution < -0.4 is 9.47 Å². The molecule has 1 fully saturated rings. The fourth-order valence-corrected chi connectivity index (χ4v) is 2.37. The average Bonchev–Trinajstić information content (AvgIpc) is 2.82. The van der Waals surface area contributed by atoms with Gasteiger partial charge in [-0.15, -0.1) is 0 Å². The van der Waals surface area contributed by atoms with Gasteiger partial charge in [-0.2, -0.15) is 0 Å². The van der Waals surface area contributed by atoms with E-state index in [9.17, 15) is 5.11 Å². The second kappa shape index (κ2) is 6.92. The van der Waals surface area contributed by atoms with Crippen LogP contribution in [-0.2, 0) is 0 Å². The molecule has 1 heterocycles. The summed E-state index contributed by atoms with van der Waals surface area (Å²) in [6, 6.07) is 7.58. The minimum atomic E-state index is -0.936. The highest BCUT2D eigenvalue weighted by atomic mass is 16.5. The van der Waals surface area contributed by atoms with E-state index in [2.05, 4.69) is 4.90 Å². The van der Waals surface area contributed by atoms with Gasteiger partial charge in [-0.1, -0.05) is 6.07 Å². The van der Waals surface area contributed by atoms with Crippen molar-refractivity contribution < 1.29 is 19.7 Å². The minimum absolute atomic E-state index is 0.180. The summed E-state index contributed by atoms with van der Waals surface area (Å²) < 4.78 is 11.1. The smallest absolute Gasteiger partial charge is 0.123 e. The van der Waals surface area contributed by atoms with E-state index in [0.717, 1.165) is 24.6 Å². The summed E-state index contributed by atoms with van der Waals surface area (Å²) in [5.74, 6) is 1.59. The van der Waals surface area contributed by atoms with Crippen molar-refractivity contribution in [3.63, 3.8) is 0 Å². The van der Waals surface area contributed by atoms with Crippen molar-refractivity contribution in [1.82, 2.24) is 4.90 Å². The van der Waals surface area contributed by atoms with Crippen molar-refractivity contribution in [3.05, 3.63) is 24.3 Å². The Balaban J connectivity index is 1.75. The van der Waals surface area contributed by atoms with Crippen LogP contribution in [0.15, 0.2) is 24.3 Å². The molecule has 1 aliphatic rings. The third-order valence-electron chi connectivity index (χ3n) is 3.50. The van der Waals surface area contributed by atoms with Gasteiger partial charge >= 0.3 is 0 Å². The largest absolute Gasteiger partial charge is 0.494 e. The quantitative estimate of drug-likeness (QED) is 0.777. The molecule has 2 rings (SSSR count). The Bertz CT molecular complexity index is 426. The molecule has 0 spiro atoms. The molecule has 0 unspecified atom stereocenters. The van der Waals surface area contributed by atoms with E-state index >= 15 is 0 Å². The molecule has 1 saturated heterocycles. The minimum Gasteiger partial charge on any atom is -0.494 e. The summed E-state index contributed by atoms with van der Waals surface area (Å²) in [7, 11) is 0. The van der Waals surface area contributed by atoms with Crippen molar-refractivity contribution in [2.45, 2.75) is 18.9 Å². The van der Waals surface area contributed by atoms with Crippen molar-refractivity contribution in [3.8, 4) is 11.5 Å². The molecule has 5 heteroatoms. The van der Waals surface area contributed by atoms with Gasteiger partial charge in [0, 0.05) is 25.7 Å². The first kappa shape index (κ1) is 15.1. The zero-order valence-corrected chi connectivity index (χ0v) is 11.9. The molecular formula is C15H23NO4. The lowest BCUT2D eigenvalue weighted by Gasteiger charge is -2.20. The van der Waals surface area contributed by atoms with E-state index in [1.54, 1.807) is 0 Å². The summed E-state index contributed by atoms with van der Waals surface area (Å²) in [6.45, 7) is 4.99. The normalized spacial score (nSPS) is 22.9. The fourth-order valence-electron chi connectivity index (χ4n) is 2.37. The predicted octanol–water partition coefficient (Wildman–Crippen LogP) is 0.893. The second-order valence-electron chi connectivity index (χ2n) is 5.16. The first-order valence-electron chi connectivity index (χ1n) is 7.06. The van der Waals surface area contributed by atoms with Gasteiger partial charge in [-0.25, -0.2) is 0 Å². The molecule has 0 saturated carbocycles. The summed E-state index contributed by atoms with van der Waals surface area (Å²) in [6.07, 6.45) is 0.614. The summed E-state index contributed by atoms with van der Waals surface area (Å²) in [4.78, 5) is 2.10. The fraction of sp³-hybridized carbons (Fsp3) is 0.600. The monoisotopic (exact) mass is 281 g/mol. The van der Waals surface area contributed by atoms with Gasteiger partial charge in [0.25, 0.3) is 0 Å². The molecule has 0 radical (unpaired) electrons. The van der Waals surface area contributed by atoms with Crippen LogP contribution in [0.5, 0.6) is 11.5 Å². The Morgan fingerprint density at radius 2 is 2.05 bits per heavy atom. The molecule has 5 nitrogen and oxygen atoms in total. The molecule has 0 bridgehead atoms. The van der Waals surface area contributed by atoms with E-state index in [0.29, 0.717) is 26.2 Å². The highest BCUT2D eigenvalue weighted by Crippen LogP contribution is 2.21. The number of hydrogen-bond donors (Lipinski definition) is 2. The second-order valence-corrected chi connectivity index (χ2v) is 5.16. The maximum absolute atomic E-state index is 9.93. The number of rotatable bonds is 7. The van der Waals surface area contributed by atoms with Gasteiger partial charge in [-0.3, -0.25) is 4.90 Å². The van der Waals surface area contributed by atoms with Crippen LogP contribution in [0.1, 0.15) is 13.3 Å². The predicted molar refractivity (Wildman–Crippen MR) is 76.2 cm³/mol. The van der Waals surface area contributed by atoms with E-state index in [1.807, 2.05) is 31.2 Å². The number of nitrogens with zero attached hydrogens (tertiary/aromatic N) is 1. The zero-order valence-electron chi connectivity index (χ0n) is 11.9. The van der Waals surface area contributed by atoms with Gasteiger partial charge in [0.2, 0.25) is 0 Å². The maximum Gasteiger partial charge on any atom is 0.123 e. The molecule has 1 aliphatic heterocycles. The van der Waals surface area contributed by atoms with Gasteiger partial charge in [0.15, 0.2) is 0 Å². The van der Waals surface area contributed by atoms with Crippen molar-refractivity contribution in [2.75, 3.05) is 39.5 Å². The van der Waals surface area contributed by atoms with Gasteiger partial charge < -0.3 is 19.7 Å².